The summed E-state index contributed by atoms with van der Waals surface area (Å²) < 4.78 is 19.7. The molecule has 1 amide bonds. The molecule has 1 heterocycles. The summed E-state index contributed by atoms with van der Waals surface area (Å²) >= 11 is 3.48. The number of benzene rings is 2. The van der Waals surface area contributed by atoms with Crippen LogP contribution in [0.3, 0.4) is 0 Å². The number of amides is 1. The fraction of sp³-hybridized carbons (Fsp3) is 0.333. The van der Waals surface area contributed by atoms with Gasteiger partial charge in [-0.05, 0) is 85.6 Å². The lowest BCUT2D eigenvalue weighted by atomic mass is 10.2. The summed E-state index contributed by atoms with van der Waals surface area (Å²) in [5.74, 6) is 2.00. The Hall–Kier alpha value is -3.00. The van der Waals surface area contributed by atoms with E-state index in [0.717, 1.165) is 27.2 Å². The Morgan fingerprint density at radius 3 is 2.31 bits per heavy atom. The monoisotopic (exact) mass is 501 g/mol. The Balaban J connectivity index is 1.56. The van der Waals surface area contributed by atoms with Crippen LogP contribution in [0.2, 0.25) is 0 Å². The van der Waals surface area contributed by atoms with Crippen molar-refractivity contribution in [2.45, 2.75) is 40.8 Å². The first-order chi connectivity index (χ1) is 15.4. The van der Waals surface area contributed by atoms with Gasteiger partial charge < -0.3 is 19.5 Å². The summed E-state index contributed by atoms with van der Waals surface area (Å²) in [4.78, 5) is 12.4. The second kappa shape index (κ2) is 11.0. The minimum Gasteiger partial charge on any atom is -0.490 e. The van der Waals surface area contributed by atoms with Crippen LogP contribution in [0.15, 0.2) is 46.9 Å². The predicted octanol–water partition coefficient (Wildman–Crippen LogP) is 5.28. The van der Waals surface area contributed by atoms with Crippen molar-refractivity contribution >= 4 is 27.5 Å². The zero-order valence-corrected chi connectivity index (χ0v) is 20.4. The van der Waals surface area contributed by atoms with Crippen LogP contribution in [0.25, 0.3) is 0 Å². The summed E-state index contributed by atoms with van der Waals surface area (Å²) in [6.07, 6.45) is 0. The molecule has 0 radical (unpaired) electrons. The van der Waals surface area contributed by atoms with Crippen LogP contribution in [0, 0.1) is 13.8 Å². The second-order valence-corrected chi connectivity index (χ2v) is 7.94. The van der Waals surface area contributed by atoms with Crippen molar-refractivity contribution in [2.24, 2.45) is 0 Å². The number of ether oxygens (including phenoxy) is 3. The quantitative estimate of drug-likeness (QED) is 0.409. The number of nitrogens with zero attached hydrogens (tertiary/aromatic N) is 2. The number of nitrogens with one attached hydrogen (secondary N) is 1. The molecule has 1 aromatic heterocycles. The Morgan fingerprint density at radius 1 is 1.00 bits per heavy atom. The molecule has 0 unspecified atom stereocenters. The highest BCUT2D eigenvalue weighted by atomic mass is 79.9. The van der Waals surface area contributed by atoms with Crippen LogP contribution in [-0.2, 0) is 17.9 Å². The Kier molecular flexibility index (Phi) is 8.16. The Bertz CT molecular complexity index is 1060. The first kappa shape index (κ1) is 23.7. The summed E-state index contributed by atoms with van der Waals surface area (Å²) in [5, 5.41) is 7.25. The van der Waals surface area contributed by atoms with Crippen molar-refractivity contribution < 1.29 is 19.0 Å². The van der Waals surface area contributed by atoms with Gasteiger partial charge in [-0.25, -0.2) is 0 Å². The molecular weight excluding hydrogens is 474 g/mol. The molecule has 1 N–H and O–H groups in total. The molecule has 0 aliphatic carbocycles. The van der Waals surface area contributed by atoms with Gasteiger partial charge in [0.2, 0.25) is 5.91 Å². The van der Waals surface area contributed by atoms with Crippen LogP contribution < -0.4 is 19.5 Å². The van der Waals surface area contributed by atoms with Gasteiger partial charge in [-0.3, -0.25) is 9.48 Å². The third-order valence-corrected chi connectivity index (χ3v) is 5.89. The number of aromatic nitrogens is 2. The van der Waals surface area contributed by atoms with Crippen molar-refractivity contribution in [1.29, 1.82) is 0 Å². The third kappa shape index (κ3) is 6.03. The number of anilines is 1. The average Bonchev–Trinajstić information content (AvgIpc) is 3.01. The highest BCUT2D eigenvalue weighted by Gasteiger charge is 2.12. The van der Waals surface area contributed by atoms with Gasteiger partial charge in [0.05, 0.1) is 29.1 Å². The number of carbonyl (C=O) groups is 1. The van der Waals surface area contributed by atoms with E-state index >= 15 is 0 Å². The molecular formula is C24H28BrN3O4. The lowest BCUT2D eigenvalue weighted by Gasteiger charge is -2.13. The molecule has 0 aliphatic heterocycles. The summed E-state index contributed by atoms with van der Waals surface area (Å²) in [7, 11) is 0. The zero-order chi connectivity index (χ0) is 23.1. The van der Waals surface area contributed by atoms with E-state index in [2.05, 4.69) is 26.3 Å². The first-order valence-corrected chi connectivity index (χ1v) is 11.3. The number of hydrogen-bond acceptors (Lipinski definition) is 5. The summed E-state index contributed by atoms with van der Waals surface area (Å²) in [6, 6.07) is 13.1. The molecule has 3 aromatic rings. The maximum Gasteiger partial charge on any atom is 0.246 e. The van der Waals surface area contributed by atoms with E-state index in [0.29, 0.717) is 37.0 Å². The average molecular weight is 502 g/mol. The van der Waals surface area contributed by atoms with E-state index in [4.69, 9.17) is 14.2 Å². The van der Waals surface area contributed by atoms with E-state index in [1.807, 2.05) is 70.2 Å². The topological polar surface area (TPSA) is 74.6 Å². The first-order valence-electron chi connectivity index (χ1n) is 10.5. The number of rotatable bonds is 10. The highest BCUT2D eigenvalue weighted by molar-refractivity contribution is 9.10. The van der Waals surface area contributed by atoms with Crippen molar-refractivity contribution in [3.05, 3.63) is 63.9 Å². The van der Waals surface area contributed by atoms with Gasteiger partial charge >= 0.3 is 0 Å². The van der Waals surface area contributed by atoms with Gasteiger partial charge in [-0.15, -0.1) is 0 Å². The van der Waals surface area contributed by atoms with Gasteiger partial charge in [0, 0.05) is 5.69 Å². The zero-order valence-electron chi connectivity index (χ0n) is 18.8. The molecule has 32 heavy (non-hydrogen) atoms. The number of halogens is 1. The second-order valence-electron chi connectivity index (χ2n) is 7.15. The van der Waals surface area contributed by atoms with Gasteiger partial charge in [0.1, 0.15) is 18.9 Å². The van der Waals surface area contributed by atoms with Crippen LogP contribution in [-0.4, -0.2) is 28.9 Å². The Labute approximate surface area is 196 Å². The molecule has 0 saturated heterocycles. The smallest absolute Gasteiger partial charge is 0.246 e. The van der Waals surface area contributed by atoms with E-state index in [1.54, 1.807) is 4.68 Å². The summed E-state index contributed by atoms with van der Waals surface area (Å²) in [5.41, 5.74) is 3.45. The number of carbonyl (C=O) groups excluding carboxylic acids is 1. The van der Waals surface area contributed by atoms with Gasteiger partial charge in [0.15, 0.2) is 11.5 Å². The molecule has 3 rings (SSSR count). The van der Waals surface area contributed by atoms with Gasteiger partial charge in [-0.2, -0.15) is 5.10 Å². The van der Waals surface area contributed by atoms with Crippen LogP contribution in [0.1, 0.15) is 30.8 Å². The standard InChI is InChI=1S/C24H28BrN3O4/c1-5-30-21-12-7-18(13-22(21)31-6-2)15-32-20-10-8-19(9-11-20)26-23(29)14-28-17(4)24(25)16(3)27-28/h7-13H,5-6,14-15H2,1-4H3,(H,26,29). The minimum absolute atomic E-state index is 0.144. The van der Waals surface area contributed by atoms with Gasteiger partial charge in [-0.1, -0.05) is 6.07 Å². The van der Waals surface area contributed by atoms with E-state index in [9.17, 15) is 4.79 Å². The third-order valence-electron chi connectivity index (χ3n) is 4.74. The van der Waals surface area contributed by atoms with Crippen molar-refractivity contribution in [3.63, 3.8) is 0 Å². The van der Waals surface area contributed by atoms with E-state index in [-0.39, 0.29) is 12.5 Å². The predicted molar refractivity (Wildman–Crippen MR) is 128 cm³/mol. The molecule has 0 fully saturated rings. The van der Waals surface area contributed by atoms with Crippen LogP contribution >= 0.6 is 15.9 Å². The molecule has 0 aliphatic rings. The molecule has 0 spiro atoms. The largest absolute Gasteiger partial charge is 0.490 e. The van der Waals surface area contributed by atoms with E-state index in [1.165, 1.54) is 0 Å². The maximum absolute atomic E-state index is 12.4. The molecule has 170 valence electrons. The fourth-order valence-electron chi connectivity index (χ4n) is 3.15. The number of aryl methyl sites for hydroxylation is 1. The number of hydrogen-bond donors (Lipinski definition) is 1. The lowest BCUT2D eigenvalue weighted by Crippen LogP contribution is -2.20. The van der Waals surface area contributed by atoms with Crippen LogP contribution in [0.5, 0.6) is 17.2 Å². The molecule has 8 heteroatoms. The lowest BCUT2D eigenvalue weighted by molar-refractivity contribution is -0.116. The van der Waals surface area contributed by atoms with Crippen molar-refractivity contribution in [2.75, 3.05) is 18.5 Å². The molecule has 0 saturated carbocycles. The molecule has 2 aromatic carbocycles. The SMILES string of the molecule is CCOc1ccc(COc2ccc(NC(=O)Cn3nc(C)c(Br)c3C)cc2)cc1OCC. The highest BCUT2D eigenvalue weighted by Crippen LogP contribution is 2.29. The molecule has 0 bridgehead atoms. The summed E-state index contributed by atoms with van der Waals surface area (Å²) in [6.45, 7) is 9.39. The van der Waals surface area contributed by atoms with E-state index < -0.39 is 0 Å². The maximum atomic E-state index is 12.4. The molecule has 0 atom stereocenters. The fourth-order valence-corrected chi connectivity index (χ4v) is 3.44. The Morgan fingerprint density at radius 2 is 1.69 bits per heavy atom. The minimum atomic E-state index is -0.144. The van der Waals surface area contributed by atoms with Crippen LogP contribution in [0.4, 0.5) is 5.69 Å². The van der Waals surface area contributed by atoms with Crippen molar-refractivity contribution in [3.8, 4) is 17.2 Å². The van der Waals surface area contributed by atoms with Crippen molar-refractivity contribution in [1.82, 2.24) is 9.78 Å². The molecule has 7 nitrogen and oxygen atoms in total. The van der Waals surface area contributed by atoms with Gasteiger partial charge in [0.25, 0.3) is 0 Å². The normalized spacial score (nSPS) is 10.7.